The van der Waals surface area contributed by atoms with Gasteiger partial charge in [-0.2, -0.15) is 9.97 Å². The average molecular weight is 399 g/mol. The molecule has 0 aliphatic rings. The number of aryl methyl sites for hydroxylation is 1. The largest absolute Gasteiger partial charge is 0.507 e. The Hall–Kier alpha value is -2.87. The van der Waals surface area contributed by atoms with Crippen molar-refractivity contribution < 1.29 is 10.2 Å². The molecule has 0 saturated heterocycles. The first-order valence-corrected chi connectivity index (χ1v) is 10.0. The van der Waals surface area contributed by atoms with Gasteiger partial charge in [-0.3, -0.25) is 0 Å². The number of aliphatic hydroxyl groups excluding tert-OH is 1. The second-order valence-corrected chi connectivity index (χ2v) is 7.65. The first-order valence-electron chi connectivity index (χ1n) is 10.0. The van der Waals surface area contributed by atoms with E-state index in [1.165, 1.54) is 0 Å². The second kappa shape index (κ2) is 8.65. The number of aromatic hydroxyl groups is 1. The van der Waals surface area contributed by atoms with Crippen molar-refractivity contribution in [1.29, 1.82) is 0 Å². The van der Waals surface area contributed by atoms with Gasteiger partial charge >= 0.3 is 0 Å². The summed E-state index contributed by atoms with van der Waals surface area (Å²) < 4.78 is 1.99. The Morgan fingerprint density at radius 1 is 1.17 bits per heavy atom. The first kappa shape index (κ1) is 20.9. The molecule has 8 heteroatoms. The van der Waals surface area contributed by atoms with Gasteiger partial charge in [-0.05, 0) is 39.7 Å². The fourth-order valence-corrected chi connectivity index (χ4v) is 3.25. The van der Waals surface area contributed by atoms with E-state index in [1.54, 1.807) is 13.3 Å². The van der Waals surface area contributed by atoms with Crippen LogP contribution >= 0.6 is 0 Å². The molecule has 4 N–H and O–H groups in total. The van der Waals surface area contributed by atoms with Crippen LogP contribution in [0.15, 0.2) is 24.5 Å². The lowest BCUT2D eigenvalue weighted by Crippen LogP contribution is -2.31. The standard InChI is InChI=1S/C21H30N6O2/c1-6-16(14(5)28)24-21-25-19(17-20(26-21)27(11-23-17)12(2)3)22-10-15-9-7-8-13(4)18(15)29/h7-9,11-12,14,16,28-29H,6,10H2,1-5H3,(H2,22,24,25,26). The summed E-state index contributed by atoms with van der Waals surface area (Å²) in [4.78, 5) is 13.8. The first-order chi connectivity index (χ1) is 13.8. The number of benzene rings is 1. The van der Waals surface area contributed by atoms with Crippen LogP contribution in [0.4, 0.5) is 11.8 Å². The van der Waals surface area contributed by atoms with Crippen LogP contribution in [0.1, 0.15) is 51.3 Å². The monoisotopic (exact) mass is 398 g/mol. The lowest BCUT2D eigenvalue weighted by atomic mass is 10.1. The zero-order valence-electron chi connectivity index (χ0n) is 17.6. The van der Waals surface area contributed by atoms with Crippen molar-refractivity contribution in [2.24, 2.45) is 0 Å². The molecule has 2 unspecified atom stereocenters. The minimum Gasteiger partial charge on any atom is -0.507 e. The summed E-state index contributed by atoms with van der Waals surface area (Å²) in [5, 5.41) is 26.8. The molecule has 156 valence electrons. The molecule has 3 aromatic rings. The summed E-state index contributed by atoms with van der Waals surface area (Å²) >= 11 is 0. The molecule has 0 radical (unpaired) electrons. The predicted molar refractivity (Wildman–Crippen MR) is 115 cm³/mol. The molecule has 2 heterocycles. The van der Waals surface area contributed by atoms with Gasteiger partial charge in [-0.25, -0.2) is 4.98 Å². The number of phenolic OH excluding ortho intramolecular Hbond substituents is 1. The summed E-state index contributed by atoms with van der Waals surface area (Å²) in [5.41, 5.74) is 2.99. The number of nitrogens with one attached hydrogen (secondary N) is 2. The fraction of sp³-hybridized carbons (Fsp3) is 0.476. The fourth-order valence-electron chi connectivity index (χ4n) is 3.25. The smallest absolute Gasteiger partial charge is 0.227 e. The number of para-hydroxylation sites is 1. The van der Waals surface area contributed by atoms with E-state index in [0.717, 1.165) is 17.5 Å². The molecule has 3 rings (SSSR count). The van der Waals surface area contributed by atoms with Gasteiger partial charge in [0.25, 0.3) is 0 Å². The van der Waals surface area contributed by atoms with Gasteiger partial charge in [-0.15, -0.1) is 0 Å². The van der Waals surface area contributed by atoms with Crippen molar-refractivity contribution in [2.75, 3.05) is 10.6 Å². The number of hydrogen-bond acceptors (Lipinski definition) is 7. The number of anilines is 2. The Kier molecular flexibility index (Phi) is 6.22. The van der Waals surface area contributed by atoms with Gasteiger partial charge in [-0.1, -0.05) is 25.1 Å². The predicted octanol–water partition coefficient (Wildman–Crippen LogP) is 3.60. The average Bonchev–Trinajstić information content (AvgIpc) is 3.11. The molecule has 0 bridgehead atoms. The van der Waals surface area contributed by atoms with Crippen molar-refractivity contribution in [1.82, 2.24) is 19.5 Å². The topological polar surface area (TPSA) is 108 Å². The van der Waals surface area contributed by atoms with E-state index in [2.05, 4.69) is 39.4 Å². The van der Waals surface area contributed by atoms with Crippen LogP contribution in [0.2, 0.25) is 0 Å². The molecular weight excluding hydrogens is 368 g/mol. The van der Waals surface area contributed by atoms with Crippen molar-refractivity contribution >= 4 is 22.9 Å². The van der Waals surface area contributed by atoms with Crippen LogP contribution in [-0.4, -0.2) is 41.9 Å². The van der Waals surface area contributed by atoms with Crippen LogP contribution in [0.3, 0.4) is 0 Å². The van der Waals surface area contributed by atoms with Gasteiger partial charge in [0, 0.05) is 18.2 Å². The number of aromatic nitrogens is 4. The molecule has 0 aliphatic carbocycles. The van der Waals surface area contributed by atoms with E-state index in [1.807, 2.05) is 36.6 Å². The number of rotatable bonds is 8. The highest BCUT2D eigenvalue weighted by atomic mass is 16.3. The molecule has 0 spiro atoms. The minimum absolute atomic E-state index is 0.156. The van der Waals surface area contributed by atoms with Crippen LogP contribution in [0, 0.1) is 6.92 Å². The van der Waals surface area contributed by atoms with Gasteiger partial charge in [0.2, 0.25) is 5.95 Å². The third-order valence-electron chi connectivity index (χ3n) is 5.08. The van der Waals surface area contributed by atoms with Crippen molar-refractivity contribution in [3.05, 3.63) is 35.7 Å². The molecule has 0 saturated carbocycles. The molecule has 8 nitrogen and oxygen atoms in total. The second-order valence-electron chi connectivity index (χ2n) is 7.65. The Balaban J connectivity index is 1.98. The van der Waals surface area contributed by atoms with Gasteiger partial charge < -0.3 is 25.4 Å². The minimum atomic E-state index is -0.532. The summed E-state index contributed by atoms with van der Waals surface area (Å²) in [6.07, 6.45) is 1.97. The van der Waals surface area contributed by atoms with Gasteiger partial charge in [0.15, 0.2) is 17.0 Å². The van der Waals surface area contributed by atoms with Gasteiger partial charge in [0.05, 0.1) is 18.5 Å². The Morgan fingerprint density at radius 3 is 2.59 bits per heavy atom. The van der Waals surface area contributed by atoms with E-state index in [-0.39, 0.29) is 17.8 Å². The van der Waals surface area contributed by atoms with E-state index in [0.29, 0.717) is 29.5 Å². The number of aliphatic hydroxyl groups is 1. The molecule has 2 aromatic heterocycles. The van der Waals surface area contributed by atoms with Crippen LogP contribution < -0.4 is 10.6 Å². The van der Waals surface area contributed by atoms with Crippen LogP contribution in [-0.2, 0) is 6.54 Å². The number of phenols is 1. The molecule has 0 aliphatic heterocycles. The number of hydrogen-bond donors (Lipinski definition) is 4. The summed E-state index contributed by atoms with van der Waals surface area (Å²) in [6.45, 7) is 10.2. The SMILES string of the molecule is CCC(Nc1nc(NCc2cccc(C)c2O)c2ncn(C(C)C)c2n1)C(C)O. The number of nitrogens with zero attached hydrogens (tertiary/aromatic N) is 4. The highest BCUT2D eigenvalue weighted by molar-refractivity contribution is 5.84. The van der Waals surface area contributed by atoms with E-state index in [4.69, 9.17) is 0 Å². The van der Waals surface area contributed by atoms with E-state index < -0.39 is 6.10 Å². The molecule has 29 heavy (non-hydrogen) atoms. The lowest BCUT2D eigenvalue weighted by molar-refractivity contribution is 0.169. The van der Waals surface area contributed by atoms with Crippen molar-refractivity contribution in [3.8, 4) is 5.75 Å². The quantitative estimate of drug-likeness (QED) is 0.459. The molecule has 1 aromatic carbocycles. The molecule has 2 atom stereocenters. The Bertz CT molecular complexity index is 983. The zero-order valence-corrected chi connectivity index (χ0v) is 17.6. The molecular formula is C21H30N6O2. The summed E-state index contributed by atoms with van der Waals surface area (Å²) in [6, 6.07) is 5.69. The lowest BCUT2D eigenvalue weighted by Gasteiger charge is -2.20. The van der Waals surface area contributed by atoms with Crippen molar-refractivity contribution in [2.45, 2.75) is 65.8 Å². The normalized spacial score (nSPS) is 13.6. The highest BCUT2D eigenvalue weighted by Gasteiger charge is 2.19. The van der Waals surface area contributed by atoms with Crippen LogP contribution in [0.5, 0.6) is 5.75 Å². The Labute approximate surface area is 171 Å². The van der Waals surface area contributed by atoms with Gasteiger partial charge in [0.1, 0.15) is 5.75 Å². The maximum atomic E-state index is 10.3. The highest BCUT2D eigenvalue weighted by Crippen LogP contribution is 2.26. The van der Waals surface area contributed by atoms with Crippen molar-refractivity contribution in [3.63, 3.8) is 0 Å². The maximum Gasteiger partial charge on any atom is 0.227 e. The summed E-state index contributed by atoms with van der Waals surface area (Å²) in [5.74, 6) is 1.29. The Morgan fingerprint density at radius 2 is 1.93 bits per heavy atom. The van der Waals surface area contributed by atoms with E-state index in [9.17, 15) is 10.2 Å². The third-order valence-corrected chi connectivity index (χ3v) is 5.08. The summed E-state index contributed by atoms with van der Waals surface area (Å²) in [7, 11) is 0. The van der Waals surface area contributed by atoms with E-state index >= 15 is 0 Å². The molecule has 0 fully saturated rings. The van der Waals surface area contributed by atoms with Crippen LogP contribution in [0.25, 0.3) is 11.2 Å². The number of imidazole rings is 1. The third kappa shape index (κ3) is 4.42. The molecule has 0 amide bonds. The zero-order chi connectivity index (χ0) is 21.1. The number of fused-ring (bicyclic) bond motifs is 1. The maximum absolute atomic E-state index is 10.3.